The first kappa shape index (κ1) is 37.8. The quantitative estimate of drug-likeness (QED) is 0.113. The summed E-state index contributed by atoms with van der Waals surface area (Å²) in [5.41, 5.74) is 10.7. The van der Waals surface area contributed by atoms with Gasteiger partial charge >= 0.3 is 21.1 Å². The molecule has 3 aromatic carbocycles. The van der Waals surface area contributed by atoms with Crippen molar-refractivity contribution in [2.45, 2.75) is 100 Å². The molecule has 52 heavy (non-hydrogen) atoms. The molecule has 3 atom stereocenters. The Kier molecular flexibility index (Phi) is 10.8. The van der Waals surface area contributed by atoms with Crippen LogP contribution in [-0.2, 0) is 27.5 Å². The van der Waals surface area contributed by atoms with E-state index in [4.69, 9.17) is 14.8 Å². The van der Waals surface area contributed by atoms with Crippen LogP contribution >= 0.6 is 0 Å². The van der Waals surface area contributed by atoms with Crippen LogP contribution in [0.25, 0.3) is 33.3 Å². The van der Waals surface area contributed by atoms with Crippen LogP contribution in [-0.4, -0.2) is 19.3 Å². The maximum Gasteiger partial charge on any atom is 2.00 e. The van der Waals surface area contributed by atoms with E-state index in [9.17, 15) is 0 Å². The van der Waals surface area contributed by atoms with Crippen molar-refractivity contribution in [1.82, 2.24) is 19.3 Å². The van der Waals surface area contributed by atoms with Gasteiger partial charge in [0.1, 0.15) is 5.82 Å². The summed E-state index contributed by atoms with van der Waals surface area (Å²) in [6, 6.07) is 28.5. The molecule has 0 aliphatic heterocycles. The van der Waals surface area contributed by atoms with E-state index in [2.05, 4.69) is 151 Å². The van der Waals surface area contributed by atoms with Gasteiger partial charge in [0, 0.05) is 40.4 Å². The van der Waals surface area contributed by atoms with Gasteiger partial charge in [-0.2, -0.15) is 11.2 Å². The second-order valence-corrected chi connectivity index (χ2v) is 16.2. The molecule has 7 rings (SSSR count). The minimum Gasteiger partial charge on any atom is -0.509 e. The van der Waals surface area contributed by atoms with Crippen molar-refractivity contribution in [3.05, 3.63) is 119 Å². The number of aromatic nitrogens is 4. The summed E-state index contributed by atoms with van der Waals surface area (Å²) >= 11 is 0. The summed E-state index contributed by atoms with van der Waals surface area (Å²) < 4.78 is 11.0. The number of benzene rings is 3. The van der Waals surface area contributed by atoms with Crippen molar-refractivity contribution in [2.75, 3.05) is 0 Å². The third kappa shape index (κ3) is 7.06. The molecular weight excluding hydrogens is 820 g/mol. The van der Waals surface area contributed by atoms with Crippen LogP contribution in [0.4, 0.5) is 0 Å². The molecule has 1 aliphatic carbocycles. The van der Waals surface area contributed by atoms with Crippen molar-refractivity contribution in [3.63, 3.8) is 0 Å². The van der Waals surface area contributed by atoms with Crippen molar-refractivity contribution in [3.8, 4) is 23.0 Å². The maximum atomic E-state index is 6.66. The van der Waals surface area contributed by atoms with E-state index < -0.39 is 0 Å². The Labute approximate surface area is 324 Å². The fourth-order valence-electron chi connectivity index (χ4n) is 8.30. The molecule has 3 aromatic heterocycles. The van der Waals surface area contributed by atoms with Gasteiger partial charge in [0.25, 0.3) is 0 Å². The number of aryl methyl sites for hydroxylation is 2. The predicted molar refractivity (Wildman–Crippen MR) is 211 cm³/mol. The van der Waals surface area contributed by atoms with Gasteiger partial charge in [0.15, 0.2) is 0 Å². The molecule has 1 aliphatic rings. The van der Waals surface area contributed by atoms with Crippen LogP contribution in [0.5, 0.6) is 11.5 Å². The summed E-state index contributed by atoms with van der Waals surface area (Å²) in [5, 5.41) is 7.44. The third-order valence-corrected chi connectivity index (χ3v) is 11.0. The molecule has 6 heteroatoms. The van der Waals surface area contributed by atoms with E-state index >= 15 is 0 Å². The molecule has 1 unspecified atom stereocenters. The van der Waals surface area contributed by atoms with Crippen LogP contribution in [0.1, 0.15) is 108 Å². The molecule has 0 N–H and O–H groups in total. The predicted octanol–water partition coefficient (Wildman–Crippen LogP) is 12.2. The van der Waals surface area contributed by atoms with Gasteiger partial charge in [-0.05, 0) is 91.6 Å². The molecule has 0 fully saturated rings. The van der Waals surface area contributed by atoms with Crippen molar-refractivity contribution < 1.29 is 25.8 Å². The Morgan fingerprint density at radius 2 is 1.71 bits per heavy atom. The van der Waals surface area contributed by atoms with Crippen LogP contribution in [0.2, 0.25) is 0 Å². The average molecular weight is 872 g/mol. The van der Waals surface area contributed by atoms with Gasteiger partial charge in [-0.25, -0.2) is 4.98 Å². The van der Waals surface area contributed by atoms with E-state index in [-0.39, 0.29) is 26.5 Å². The molecule has 0 spiro atoms. The van der Waals surface area contributed by atoms with Crippen molar-refractivity contribution >= 4 is 21.8 Å². The molecule has 0 bridgehead atoms. The van der Waals surface area contributed by atoms with E-state index in [0.717, 1.165) is 46.5 Å². The summed E-state index contributed by atoms with van der Waals surface area (Å²) in [6.07, 6.45) is 7.72. The number of rotatable bonds is 8. The first-order chi connectivity index (χ1) is 24.3. The molecule has 272 valence electrons. The van der Waals surface area contributed by atoms with E-state index in [1.807, 2.05) is 12.3 Å². The van der Waals surface area contributed by atoms with Crippen LogP contribution < -0.4 is 4.74 Å². The first-order valence-electron chi connectivity index (χ1n) is 18.7. The van der Waals surface area contributed by atoms with Crippen molar-refractivity contribution in [1.29, 1.82) is 0 Å². The largest absolute Gasteiger partial charge is 2.00 e. The zero-order valence-electron chi connectivity index (χ0n) is 32.4. The molecule has 6 aromatic rings. The molecule has 0 amide bonds. The Morgan fingerprint density at radius 3 is 2.42 bits per heavy atom. The molecule has 3 heterocycles. The van der Waals surface area contributed by atoms with Crippen LogP contribution in [0, 0.1) is 43.2 Å². The van der Waals surface area contributed by atoms with E-state index in [0.29, 0.717) is 35.2 Å². The van der Waals surface area contributed by atoms with Crippen molar-refractivity contribution in [2.24, 2.45) is 17.3 Å². The summed E-state index contributed by atoms with van der Waals surface area (Å²) in [5.74, 6) is 3.94. The molecule has 0 saturated heterocycles. The maximum absolute atomic E-state index is 6.66. The summed E-state index contributed by atoms with van der Waals surface area (Å²) in [7, 11) is 0. The standard InChI is InChI=1S/C46H52N4O.Pt/c1-11-14-33-19-20-47-43(23-33)49-41-16-13-12-15-39(41)40-18-17-37(27-42(40)49)51-38-25-34(28(2)3)24-36(26-38)50-32(7)45(31(6)48-50)44-29(4)21-35(22-30(44)5)46(8,9)10;/h12-13,15-21,23-25,28,30,35,44H,11,14,22H2,1-10H3;/q-2;+2/t30-,35-,44?;/m0./s1. The molecular formula is C46H52N4OPt. The number of allylic oxidation sites excluding steroid dienone is 2. The number of hydrogen-bond donors (Lipinski definition) is 0. The normalized spacial score (nSPS) is 17.8. The van der Waals surface area contributed by atoms with Crippen LogP contribution in [0.15, 0.2) is 78.5 Å². The minimum atomic E-state index is 0. The Hall–Kier alpha value is -3.95. The third-order valence-electron chi connectivity index (χ3n) is 11.0. The van der Waals surface area contributed by atoms with Gasteiger partial charge in [-0.1, -0.05) is 90.3 Å². The Morgan fingerprint density at radius 1 is 0.942 bits per heavy atom. The number of para-hydroxylation sites is 1. The van der Waals surface area contributed by atoms with E-state index in [1.54, 1.807) is 0 Å². The van der Waals surface area contributed by atoms with Gasteiger partial charge < -0.3 is 9.30 Å². The van der Waals surface area contributed by atoms with Gasteiger partial charge in [0.05, 0.1) is 5.69 Å². The number of fused-ring (bicyclic) bond motifs is 3. The first-order valence-corrected chi connectivity index (χ1v) is 18.7. The topological polar surface area (TPSA) is 44.9 Å². The zero-order valence-corrected chi connectivity index (χ0v) is 34.6. The summed E-state index contributed by atoms with van der Waals surface area (Å²) in [4.78, 5) is 4.81. The smallest absolute Gasteiger partial charge is 0.509 e. The average Bonchev–Trinajstić information content (AvgIpc) is 3.57. The van der Waals surface area contributed by atoms with Gasteiger partial charge in [-0.3, -0.25) is 4.68 Å². The second-order valence-electron chi connectivity index (χ2n) is 16.2. The molecule has 5 nitrogen and oxygen atoms in total. The Bertz CT molecular complexity index is 2270. The Balaban J connectivity index is 0.00000464. The number of hydrogen-bond acceptors (Lipinski definition) is 3. The SMILES string of the molecule is CCCc1ccnc(-n2c3[c-]c(Oc4[c-]c(-n5nc(C)c(C6C(C)=C[C@H](C(C)(C)C)C[C@@H]6C)c5C)cc(C(C)C)c4)ccc3c3ccccc32)c1.[Pt+2]. The minimum absolute atomic E-state index is 0. The van der Waals surface area contributed by atoms with Gasteiger partial charge in [-0.15, -0.1) is 41.3 Å². The fraction of sp³-hybridized carbons (Fsp3) is 0.391. The molecule has 0 radical (unpaired) electrons. The van der Waals surface area contributed by atoms with Crippen LogP contribution in [0.3, 0.4) is 0 Å². The van der Waals surface area contributed by atoms with Gasteiger partial charge in [0.2, 0.25) is 0 Å². The molecule has 0 saturated carbocycles. The van der Waals surface area contributed by atoms with E-state index in [1.165, 1.54) is 39.8 Å². The zero-order chi connectivity index (χ0) is 36.2. The number of pyridine rings is 1. The summed E-state index contributed by atoms with van der Waals surface area (Å²) in [6.45, 7) is 22.8. The second kappa shape index (κ2) is 14.8. The number of nitrogens with zero attached hydrogens (tertiary/aromatic N) is 4. The number of ether oxygens (including phenoxy) is 1. The fourth-order valence-corrected chi connectivity index (χ4v) is 8.30. The monoisotopic (exact) mass is 871 g/mol.